The molecule has 2 aromatic carbocycles. The summed E-state index contributed by atoms with van der Waals surface area (Å²) in [5.74, 6) is -0.888. The van der Waals surface area contributed by atoms with Crippen LogP contribution in [0.3, 0.4) is 0 Å². The van der Waals surface area contributed by atoms with Crippen molar-refractivity contribution in [1.29, 1.82) is 0 Å². The standard InChI is InChI=1S/C20H27NO3Si/c1-15(24-20(2,3)4)18(19(22)23)21-25(16-11-7-5-8-12-16)17-13-9-6-10-14-17/h5-15,18,21,25H,1-4H3,(H,22,23). The Morgan fingerprint density at radius 3 is 1.80 bits per heavy atom. The van der Waals surface area contributed by atoms with E-state index in [-0.39, 0.29) is 0 Å². The highest BCUT2D eigenvalue weighted by molar-refractivity contribution is 6.83. The molecule has 0 aliphatic carbocycles. The van der Waals surface area contributed by atoms with Gasteiger partial charge in [0.15, 0.2) is 8.96 Å². The Hall–Kier alpha value is -1.95. The fraction of sp³-hybridized carbons (Fsp3) is 0.350. The summed E-state index contributed by atoms with van der Waals surface area (Å²) in [7, 11) is -1.90. The van der Waals surface area contributed by atoms with E-state index in [9.17, 15) is 9.90 Å². The zero-order valence-corrected chi connectivity index (χ0v) is 16.4. The minimum atomic E-state index is -1.90. The van der Waals surface area contributed by atoms with Crippen molar-refractivity contribution < 1.29 is 14.6 Å². The molecule has 25 heavy (non-hydrogen) atoms. The zero-order chi connectivity index (χ0) is 18.4. The molecule has 2 N–H and O–H groups in total. The van der Waals surface area contributed by atoms with Gasteiger partial charge in [-0.25, -0.2) is 0 Å². The highest BCUT2D eigenvalue weighted by atomic mass is 28.3. The number of rotatable bonds is 7. The van der Waals surface area contributed by atoms with Gasteiger partial charge in [0, 0.05) is 0 Å². The summed E-state index contributed by atoms with van der Waals surface area (Å²) in [6.45, 7) is 7.63. The maximum Gasteiger partial charge on any atom is 0.322 e. The van der Waals surface area contributed by atoms with E-state index in [1.807, 2.05) is 64.1 Å². The summed E-state index contributed by atoms with van der Waals surface area (Å²) in [6, 6.07) is 19.4. The molecule has 4 nitrogen and oxygen atoms in total. The van der Waals surface area contributed by atoms with Gasteiger partial charge < -0.3 is 14.8 Å². The van der Waals surface area contributed by atoms with Crippen LogP contribution >= 0.6 is 0 Å². The molecule has 0 bridgehead atoms. The van der Waals surface area contributed by atoms with Crippen LogP contribution in [0.5, 0.6) is 0 Å². The second kappa shape index (κ2) is 8.42. The Labute approximate surface area is 151 Å². The predicted octanol–water partition coefficient (Wildman–Crippen LogP) is 1.77. The molecule has 0 saturated carbocycles. The number of ether oxygens (including phenoxy) is 1. The van der Waals surface area contributed by atoms with Crippen LogP contribution in [0.2, 0.25) is 0 Å². The molecule has 5 heteroatoms. The summed E-state index contributed by atoms with van der Waals surface area (Å²) in [4.78, 5) is 15.3. The number of benzene rings is 2. The van der Waals surface area contributed by atoms with Gasteiger partial charge in [-0.1, -0.05) is 60.7 Å². The van der Waals surface area contributed by atoms with Gasteiger partial charge in [-0.15, -0.1) is 0 Å². The highest BCUT2D eigenvalue weighted by Gasteiger charge is 2.32. The Balaban J connectivity index is 2.32. The lowest BCUT2D eigenvalue weighted by molar-refractivity contribution is -0.146. The van der Waals surface area contributed by atoms with Crippen LogP contribution in [0.15, 0.2) is 60.7 Å². The Morgan fingerprint density at radius 2 is 1.44 bits per heavy atom. The van der Waals surface area contributed by atoms with Gasteiger partial charge in [0.25, 0.3) is 0 Å². The number of carboxylic acid groups (broad SMARTS) is 1. The molecule has 0 aliphatic heterocycles. The van der Waals surface area contributed by atoms with Crippen molar-refractivity contribution in [3.8, 4) is 0 Å². The van der Waals surface area contributed by atoms with Crippen molar-refractivity contribution in [1.82, 2.24) is 4.98 Å². The van der Waals surface area contributed by atoms with Gasteiger partial charge in [-0.05, 0) is 38.1 Å². The van der Waals surface area contributed by atoms with Gasteiger partial charge in [0.05, 0.1) is 11.7 Å². The molecule has 0 spiro atoms. The second-order valence-electron chi connectivity index (χ2n) is 7.17. The smallest absolute Gasteiger partial charge is 0.322 e. The largest absolute Gasteiger partial charge is 0.480 e. The van der Waals surface area contributed by atoms with Crippen LogP contribution in [0.4, 0.5) is 0 Å². The van der Waals surface area contributed by atoms with Crippen molar-refractivity contribution in [2.24, 2.45) is 0 Å². The predicted molar refractivity (Wildman–Crippen MR) is 104 cm³/mol. The van der Waals surface area contributed by atoms with Crippen LogP contribution in [-0.4, -0.2) is 37.8 Å². The summed E-state index contributed by atoms with van der Waals surface area (Å²) in [5.41, 5.74) is -0.397. The molecule has 0 aromatic heterocycles. The minimum Gasteiger partial charge on any atom is -0.480 e. The molecule has 2 unspecified atom stereocenters. The van der Waals surface area contributed by atoms with Crippen LogP contribution in [-0.2, 0) is 9.53 Å². The van der Waals surface area contributed by atoms with E-state index in [1.165, 1.54) is 0 Å². The minimum absolute atomic E-state index is 0.397. The molecule has 0 heterocycles. The molecular weight excluding hydrogens is 330 g/mol. The molecule has 0 fully saturated rings. The topological polar surface area (TPSA) is 58.6 Å². The van der Waals surface area contributed by atoms with Gasteiger partial charge in [-0.2, -0.15) is 0 Å². The fourth-order valence-electron chi connectivity index (χ4n) is 2.89. The number of nitrogens with one attached hydrogen (secondary N) is 1. The fourth-order valence-corrected chi connectivity index (χ4v) is 5.65. The van der Waals surface area contributed by atoms with Crippen molar-refractivity contribution >= 4 is 25.3 Å². The van der Waals surface area contributed by atoms with Crippen molar-refractivity contribution in [2.75, 3.05) is 0 Å². The summed E-state index contributed by atoms with van der Waals surface area (Å²) in [6.07, 6.45) is -0.445. The number of hydrogen-bond donors (Lipinski definition) is 2. The Bertz CT molecular complexity index is 631. The van der Waals surface area contributed by atoms with E-state index >= 15 is 0 Å². The first kappa shape index (κ1) is 19.4. The molecule has 2 aromatic rings. The maximum absolute atomic E-state index is 11.9. The highest BCUT2D eigenvalue weighted by Crippen LogP contribution is 2.13. The van der Waals surface area contributed by atoms with Gasteiger partial charge in [0.1, 0.15) is 6.04 Å². The van der Waals surface area contributed by atoms with Gasteiger partial charge >= 0.3 is 5.97 Å². The molecule has 0 aliphatic rings. The van der Waals surface area contributed by atoms with E-state index in [2.05, 4.69) is 29.2 Å². The quantitative estimate of drug-likeness (QED) is 0.742. The van der Waals surface area contributed by atoms with E-state index in [0.717, 1.165) is 10.4 Å². The third kappa shape index (κ3) is 5.81. The molecular formula is C20H27NO3Si. The number of carbonyl (C=O) groups is 1. The van der Waals surface area contributed by atoms with Crippen molar-refractivity contribution in [3.05, 3.63) is 60.7 Å². The number of hydrogen-bond acceptors (Lipinski definition) is 3. The molecule has 2 atom stereocenters. The average molecular weight is 358 g/mol. The normalized spacial score (nSPS) is 14.3. The first-order chi connectivity index (χ1) is 11.8. The number of carboxylic acids is 1. The van der Waals surface area contributed by atoms with E-state index in [0.29, 0.717) is 0 Å². The third-order valence-electron chi connectivity index (χ3n) is 3.89. The summed E-state index contributed by atoms with van der Waals surface area (Å²) >= 11 is 0. The molecule has 0 radical (unpaired) electrons. The van der Waals surface area contributed by atoms with Gasteiger partial charge in [0.2, 0.25) is 0 Å². The summed E-state index contributed by atoms with van der Waals surface area (Å²) in [5, 5.41) is 12.1. The van der Waals surface area contributed by atoms with Gasteiger partial charge in [-0.3, -0.25) is 4.79 Å². The lowest BCUT2D eigenvalue weighted by atomic mass is 10.1. The molecule has 0 amide bonds. The Morgan fingerprint density at radius 1 is 1.00 bits per heavy atom. The lowest BCUT2D eigenvalue weighted by Gasteiger charge is -2.31. The maximum atomic E-state index is 11.9. The zero-order valence-electron chi connectivity index (χ0n) is 15.3. The third-order valence-corrected chi connectivity index (χ3v) is 6.68. The van der Waals surface area contributed by atoms with E-state index in [1.54, 1.807) is 0 Å². The van der Waals surface area contributed by atoms with E-state index in [4.69, 9.17) is 4.74 Å². The van der Waals surface area contributed by atoms with Crippen molar-refractivity contribution in [3.63, 3.8) is 0 Å². The van der Waals surface area contributed by atoms with Crippen molar-refractivity contribution in [2.45, 2.75) is 45.4 Å². The number of aliphatic carboxylic acids is 1. The molecule has 2 rings (SSSR count). The van der Waals surface area contributed by atoms with Crippen LogP contribution in [0.1, 0.15) is 27.7 Å². The van der Waals surface area contributed by atoms with Crippen LogP contribution in [0, 0.1) is 0 Å². The lowest BCUT2D eigenvalue weighted by Crippen LogP contribution is -2.62. The SMILES string of the molecule is CC(OC(C)(C)C)C(N[SiH](c1ccccc1)c1ccccc1)C(=O)O. The average Bonchev–Trinajstić information content (AvgIpc) is 2.55. The van der Waals surface area contributed by atoms with Crippen LogP contribution in [0.25, 0.3) is 0 Å². The molecule has 134 valence electrons. The molecule has 0 saturated heterocycles. The summed E-state index contributed by atoms with van der Waals surface area (Å²) < 4.78 is 5.91. The van der Waals surface area contributed by atoms with Crippen LogP contribution < -0.4 is 15.4 Å². The second-order valence-corrected chi connectivity index (χ2v) is 9.70. The first-order valence-corrected chi connectivity index (χ1v) is 10.3. The van der Waals surface area contributed by atoms with E-state index < -0.39 is 32.7 Å². The monoisotopic (exact) mass is 357 g/mol. The Kier molecular flexibility index (Phi) is 6.53. The first-order valence-electron chi connectivity index (χ1n) is 8.54.